The Morgan fingerprint density at radius 2 is 1.65 bits per heavy atom. The lowest BCUT2D eigenvalue weighted by molar-refractivity contribution is 0.0526. The quantitative estimate of drug-likeness (QED) is 0.260. The zero-order valence-electron chi connectivity index (χ0n) is 22.0. The second-order valence-electron chi connectivity index (χ2n) is 10.2. The van der Waals surface area contributed by atoms with Crippen molar-refractivity contribution in [1.29, 1.82) is 0 Å². The van der Waals surface area contributed by atoms with E-state index in [1.807, 2.05) is 23.2 Å². The minimum atomic E-state index is -0.376. The van der Waals surface area contributed by atoms with Gasteiger partial charge in [0.15, 0.2) is 0 Å². The third-order valence-electron chi connectivity index (χ3n) is 6.45. The third-order valence-corrected chi connectivity index (χ3v) is 6.45. The molecule has 0 spiro atoms. The predicted molar refractivity (Wildman–Crippen MR) is 149 cm³/mol. The van der Waals surface area contributed by atoms with Crippen molar-refractivity contribution >= 4 is 28.6 Å². The predicted octanol–water partition coefficient (Wildman–Crippen LogP) is 6.92. The zero-order chi connectivity index (χ0) is 26.4. The first-order valence-electron chi connectivity index (χ1n) is 12.7. The Hall–Kier alpha value is -4.06. The third kappa shape index (κ3) is 6.58. The fraction of sp³-hybridized carbons (Fsp3) is 0.290. The van der Waals surface area contributed by atoms with Crippen LogP contribution in [0.4, 0.5) is 10.5 Å². The minimum Gasteiger partial charge on any atom is -0.462 e. The molecule has 0 radical (unpaired) electrons. The van der Waals surface area contributed by atoms with Crippen LogP contribution in [-0.2, 0) is 23.1 Å². The van der Waals surface area contributed by atoms with E-state index in [0.717, 1.165) is 17.5 Å². The number of esters is 1. The monoisotopic (exact) mass is 497 g/mol. The fourth-order valence-electron chi connectivity index (χ4n) is 4.28. The Morgan fingerprint density at radius 1 is 0.946 bits per heavy atom. The second-order valence-corrected chi connectivity index (χ2v) is 10.2. The molecular weight excluding hydrogens is 462 g/mol. The summed E-state index contributed by atoms with van der Waals surface area (Å²) in [5.41, 5.74) is 5.74. The van der Waals surface area contributed by atoms with E-state index < -0.39 is 0 Å². The highest BCUT2D eigenvalue weighted by atomic mass is 16.5. The van der Waals surface area contributed by atoms with E-state index in [9.17, 15) is 9.59 Å². The highest BCUT2D eigenvalue weighted by Crippen LogP contribution is 2.23. The number of anilines is 1. The van der Waals surface area contributed by atoms with Crippen molar-refractivity contribution in [2.75, 3.05) is 18.5 Å². The summed E-state index contributed by atoms with van der Waals surface area (Å²) in [5.74, 6) is -0.376. The molecule has 6 nitrogen and oxygen atoms in total. The number of urea groups is 1. The van der Waals surface area contributed by atoms with Gasteiger partial charge in [0.1, 0.15) is 0 Å². The molecule has 0 aliphatic carbocycles. The Balaban J connectivity index is 1.51. The number of carbonyl (C=O) groups excluding carboxylic acids is 2. The van der Waals surface area contributed by atoms with Gasteiger partial charge in [-0.05, 0) is 65.8 Å². The molecule has 37 heavy (non-hydrogen) atoms. The van der Waals surface area contributed by atoms with Gasteiger partial charge in [0, 0.05) is 35.9 Å². The van der Waals surface area contributed by atoms with Gasteiger partial charge >= 0.3 is 12.0 Å². The maximum absolute atomic E-state index is 13.4. The molecule has 4 rings (SSSR count). The van der Waals surface area contributed by atoms with E-state index in [0.29, 0.717) is 30.9 Å². The van der Waals surface area contributed by atoms with Gasteiger partial charge in [-0.1, -0.05) is 63.2 Å². The normalized spacial score (nSPS) is 11.4. The first kappa shape index (κ1) is 26.0. The molecule has 0 unspecified atom stereocenters. The van der Waals surface area contributed by atoms with Crippen molar-refractivity contribution in [3.63, 3.8) is 0 Å². The summed E-state index contributed by atoms with van der Waals surface area (Å²) in [7, 11) is 0. The summed E-state index contributed by atoms with van der Waals surface area (Å²) in [6.45, 7) is 9.70. The van der Waals surface area contributed by atoms with Crippen LogP contribution < -0.4 is 5.32 Å². The van der Waals surface area contributed by atoms with Crippen molar-refractivity contribution in [2.24, 2.45) is 0 Å². The molecule has 1 aromatic heterocycles. The van der Waals surface area contributed by atoms with E-state index in [4.69, 9.17) is 4.74 Å². The topological polar surface area (TPSA) is 74.4 Å². The number of H-pyrrole nitrogens is 1. The molecule has 192 valence electrons. The number of aromatic nitrogens is 1. The summed E-state index contributed by atoms with van der Waals surface area (Å²) >= 11 is 0. The zero-order valence-corrected chi connectivity index (χ0v) is 22.0. The summed E-state index contributed by atoms with van der Waals surface area (Å²) < 4.78 is 5.04. The number of hydrogen-bond donors (Lipinski definition) is 2. The standard InChI is InChI=1S/C31H35N3O3/c1-5-37-29(35)23-12-16-26(17-13-23)33-30(36)34(21-22-10-14-25(15-11-22)31(2,3)4)19-18-24-20-32-28-9-7-6-8-27(24)28/h6-17,20,32H,5,18-19,21H2,1-4H3,(H,33,36). The van der Waals surface area contributed by atoms with E-state index in [-0.39, 0.29) is 17.4 Å². The fourth-order valence-corrected chi connectivity index (χ4v) is 4.28. The highest BCUT2D eigenvalue weighted by Gasteiger charge is 2.18. The molecule has 0 atom stereocenters. The number of fused-ring (bicyclic) bond motifs is 1. The van der Waals surface area contributed by atoms with Crippen LogP contribution in [0.2, 0.25) is 0 Å². The van der Waals surface area contributed by atoms with Gasteiger partial charge in [-0.25, -0.2) is 9.59 Å². The smallest absolute Gasteiger partial charge is 0.338 e. The van der Waals surface area contributed by atoms with Gasteiger partial charge in [0.25, 0.3) is 0 Å². The summed E-state index contributed by atoms with van der Waals surface area (Å²) in [6.07, 6.45) is 2.74. The average molecular weight is 498 g/mol. The van der Waals surface area contributed by atoms with E-state index in [1.54, 1.807) is 31.2 Å². The van der Waals surface area contributed by atoms with Crippen molar-refractivity contribution in [1.82, 2.24) is 9.88 Å². The number of rotatable bonds is 8. The van der Waals surface area contributed by atoms with Crippen LogP contribution in [0.1, 0.15) is 54.7 Å². The van der Waals surface area contributed by atoms with Crippen molar-refractivity contribution in [2.45, 2.75) is 46.1 Å². The largest absolute Gasteiger partial charge is 0.462 e. The lowest BCUT2D eigenvalue weighted by Gasteiger charge is -2.24. The molecule has 4 aromatic rings. The number of benzene rings is 3. The molecule has 0 bridgehead atoms. The number of ether oxygens (including phenoxy) is 1. The average Bonchev–Trinajstić information content (AvgIpc) is 3.30. The molecule has 0 aliphatic heterocycles. The first-order valence-corrected chi connectivity index (χ1v) is 12.7. The van der Waals surface area contributed by atoms with E-state index >= 15 is 0 Å². The molecule has 6 heteroatoms. The lowest BCUT2D eigenvalue weighted by atomic mass is 9.87. The summed E-state index contributed by atoms with van der Waals surface area (Å²) in [5, 5.41) is 4.16. The molecule has 2 amide bonds. The molecule has 0 fully saturated rings. The number of nitrogens with zero attached hydrogens (tertiary/aromatic N) is 1. The van der Waals surface area contributed by atoms with Crippen LogP contribution in [-0.4, -0.2) is 35.0 Å². The molecule has 2 N–H and O–H groups in total. The van der Waals surface area contributed by atoms with Crippen molar-refractivity contribution in [3.05, 3.63) is 101 Å². The number of amides is 2. The number of nitrogens with one attached hydrogen (secondary N) is 2. The van der Waals surface area contributed by atoms with Crippen LogP contribution in [0.15, 0.2) is 79.0 Å². The van der Waals surface area contributed by atoms with Crippen LogP contribution in [0.25, 0.3) is 10.9 Å². The number of carbonyl (C=O) groups is 2. The first-order chi connectivity index (χ1) is 17.7. The van der Waals surface area contributed by atoms with E-state index in [2.05, 4.69) is 67.5 Å². The van der Waals surface area contributed by atoms with Crippen LogP contribution in [0, 0.1) is 0 Å². The van der Waals surface area contributed by atoms with Gasteiger partial charge in [-0.2, -0.15) is 0 Å². The van der Waals surface area contributed by atoms with Crippen LogP contribution in [0.3, 0.4) is 0 Å². The molecule has 0 saturated heterocycles. The Kier molecular flexibility index (Phi) is 7.97. The van der Waals surface area contributed by atoms with Gasteiger partial charge in [-0.15, -0.1) is 0 Å². The van der Waals surface area contributed by atoms with Crippen molar-refractivity contribution in [3.8, 4) is 0 Å². The van der Waals surface area contributed by atoms with Crippen LogP contribution >= 0.6 is 0 Å². The molecular formula is C31H35N3O3. The van der Waals surface area contributed by atoms with Gasteiger partial charge < -0.3 is 19.9 Å². The number of hydrogen-bond acceptors (Lipinski definition) is 3. The molecule has 1 heterocycles. The van der Waals surface area contributed by atoms with E-state index in [1.165, 1.54) is 16.5 Å². The van der Waals surface area contributed by atoms with Crippen LogP contribution in [0.5, 0.6) is 0 Å². The summed E-state index contributed by atoms with van der Waals surface area (Å²) in [6, 6.07) is 23.2. The summed E-state index contributed by atoms with van der Waals surface area (Å²) in [4.78, 5) is 30.5. The second kappa shape index (κ2) is 11.3. The Bertz CT molecular complexity index is 1350. The number of para-hydroxylation sites is 1. The highest BCUT2D eigenvalue weighted by molar-refractivity contribution is 5.92. The Morgan fingerprint density at radius 3 is 2.32 bits per heavy atom. The minimum absolute atomic E-state index is 0.0701. The van der Waals surface area contributed by atoms with Gasteiger partial charge in [0.05, 0.1) is 12.2 Å². The van der Waals surface area contributed by atoms with Gasteiger partial charge in [0.2, 0.25) is 0 Å². The number of aromatic amines is 1. The SMILES string of the molecule is CCOC(=O)c1ccc(NC(=O)N(CCc2c[nH]c3ccccc23)Cc2ccc(C(C)(C)C)cc2)cc1. The van der Waals surface area contributed by atoms with Crippen molar-refractivity contribution < 1.29 is 14.3 Å². The Labute approximate surface area is 218 Å². The maximum Gasteiger partial charge on any atom is 0.338 e. The lowest BCUT2D eigenvalue weighted by Crippen LogP contribution is -2.36. The van der Waals surface area contributed by atoms with Gasteiger partial charge in [-0.3, -0.25) is 0 Å². The maximum atomic E-state index is 13.4. The molecule has 0 saturated carbocycles. The molecule has 3 aromatic carbocycles. The molecule has 0 aliphatic rings.